The molecule has 0 aliphatic rings. The molecular weight excluding hydrogens is 378 g/mol. The molecule has 0 aromatic heterocycles. The van der Waals surface area contributed by atoms with Gasteiger partial charge in [0.25, 0.3) is 0 Å². The number of amides is 1. The Bertz CT molecular complexity index is 899. The van der Waals surface area contributed by atoms with Crippen molar-refractivity contribution in [2.24, 2.45) is 0 Å². The van der Waals surface area contributed by atoms with Crippen LogP contribution in [0.2, 0.25) is 0 Å². The molecule has 9 heteroatoms. The van der Waals surface area contributed by atoms with Gasteiger partial charge in [0, 0.05) is 6.54 Å². The van der Waals surface area contributed by atoms with Gasteiger partial charge in [-0.2, -0.15) is 4.31 Å². The number of hydrogen-bond donors (Lipinski definition) is 1. The molecular formula is C18H20F2N2O4S. The lowest BCUT2D eigenvalue weighted by molar-refractivity contribution is -0.116. The van der Waals surface area contributed by atoms with Crippen molar-refractivity contribution in [1.82, 2.24) is 4.31 Å². The molecule has 2 aromatic carbocycles. The maximum absolute atomic E-state index is 13.6. The maximum Gasteiger partial charge on any atom is 0.239 e. The van der Waals surface area contributed by atoms with Gasteiger partial charge in [0.05, 0.1) is 19.9 Å². The predicted molar refractivity (Wildman–Crippen MR) is 98.1 cm³/mol. The van der Waals surface area contributed by atoms with Crippen LogP contribution in [-0.2, 0) is 21.2 Å². The number of nitrogens with one attached hydrogen (secondary N) is 1. The largest absolute Gasteiger partial charge is 0.496 e. The second-order valence-electron chi connectivity index (χ2n) is 5.80. The third-order valence-corrected chi connectivity index (χ3v) is 5.09. The summed E-state index contributed by atoms with van der Waals surface area (Å²) in [6, 6.07) is 10.3. The third-order valence-electron chi connectivity index (χ3n) is 3.84. The van der Waals surface area contributed by atoms with Crippen LogP contribution in [0.5, 0.6) is 5.75 Å². The van der Waals surface area contributed by atoms with E-state index in [1.807, 2.05) is 0 Å². The number of rotatable bonds is 8. The summed E-state index contributed by atoms with van der Waals surface area (Å²) >= 11 is 0. The summed E-state index contributed by atoms with van der Waals surface area (Å²) in [6.07, 6.45) is 1.27. The van der Waals surface area contributed by atoms with Crippen molar-refractivity contribution in [3.63, 3.8) is 0 Å². The molecule has 0 spiro atoms. The van der Waals surface area contributed by atoms with Crippen LogP contribution in [0.25, 0.3) is 0 Å². The Kier molecular flexibility index (Phi) is 6.86. The molecule has 0 bridgehead atoms. The zero-order chi connectivity index (χ0) is 20.0. The van der Waals surface area contributed by atoms with Crippen molar-refractivity contribution in [3.05, 3.63) is 59.7 Å². The number of halogens is 2. The number of hydrogen-bond acceptors (Lipinski definition) is 4. The molecule has 2 aromatic rings. The molecule has 0 saturated carbocycles. The Morgan fingerprint density at radius 1 is 1.11 bits per heavy atom. The lowest BCUT2D eigenvalue weighted by Gasteiger charge is -2.20. The third kappa shape index (κ3) is 5.73. The minimum absolute atomic E-state index is 0.00633. The second kappa shape index (κ2) is 8.92. The smallest absolute Gasteiger partial charge is 0.239 e. The van der Waals surface area contributed by atoms with Crippen molar-refractivity contribution in [1.29, 1.82) is 0 Å². The van der Waals surface area contributed by atoms with Crippen LogP contribution in [0.4, 0.5) is 14.5 Å². The fourth-order valence-electron chi connectivity index (χ4n) is 2.47. The van der Waals surface area contributed by atoms with Gasteiger partial charge in [0.15, 0.2) is 0 Å². The Balaban J connectivity index is 2.09. The Morgan fingerprint density at radius 3 is 2.33 bits per heavy atom. The molecule has 27 heavy (non-hydrogen) atoms. The monoisotopic (exact) mass is 398 g/mol. The highest BCUT2D eigenvalue weighted by Gasteiger charge is 2.22. The van der Waals surface area contributed by atoms with E-state index in [4.69, 9.17) is 4.74 Å². The first-order valence-corrected chi connectivity index (χ1v) is 9.88. The Morgan fingerprint density at radius 2 is 1.74 bits per heavy atom. The van der Waals surface area contributed by atoms with Crippen LogP contribution in [0.3, 0.4) is 0 Å². The highest BCUT2D eigenvalue weighted by atomic mass is 32.2. The van der Waals surface area contributed by atoms with Gasteiger partial charge in [0.1, 0.15) is 23.1 Å². The fraction of sp³-hybridized carbons (Fsp3) is 0.278. The molecule has 2 rings (SSSR count). The van der Waals surface area contributed by atoms with Crippen molar-refractivity contribution in [2.45, 2.75) is 6.42 Å². The van der Waals surface area contributed by atoms with Gasteiger partial charge in [-0.25, -0.2) is 17.2 Å². The minimum Gasteiger partial charge on any atom is -0.496 e. The van der Waals surface area contributed by atoms with E-state index in [1.165, 1.54) is 7.11 Å². The zero-order valence-electron chi connectivity index (χ0n) is 14.9. The Labute approximate surface area is 156 Å². The summed E-state index contributed by atoms with van der Waals surface area (Å²) in [6.45, 7) is -0.561. The van der Waals surface area contributed by atoms with E-state index in [0.717, 1.165) is 34.3 Å². The highest BCUT2D eigenvalue weighted by molar-refractivity contribution is 7.88. The zero-order valence-corrected chi connectivity index (χ0v) is 15.7. The number of carbonyl (C=O) groups excluding carboxylic acids is 1. The summed E-state index contributed by atoms with van der Waals surface area (Å²) in [5.74, 6) is -2.13. The first kappa shape index (κ1) is 20.8. The van der Waals surface area contributed by atoms with Crippen LogP contribution < -0.4 is 10.1 Å². The highest BCUT2D eigenvalue weighted by Crippen LogP contribution is 2.20. The summed E-state index contributed by atoms with van der Waals surface area (Å²) in [5, 5.41) is 2.08. The number of anilines is 1. The van der Waals surface area contributed by atoms with E-state index in [-0.39, 0.29) is 6.54 Å². The molecule has 0 saturated heterocycles. The Hall–Kier alpha value is -2.52. The molecule has 0 aliphatic heterocycles. The number of para-hydroxylation sites is 2. The number of ether oxygens (including phenoxy) is 1. The van der Waals surface area contributed by atoms with Gasteiger partial charge in [-0.15, -0.1) is 0 Å². The van der Waals surface area contributed by atoms with Crippen molar-refractivity contribution in [2.75, 3.05) is 31.8 Å². The maximum atomic E-state index is 13.6. The number of carbonyl (C=O) groups is 1. The molecule has 6 nitrogen and oxygen atoms in total. The van der Waals surface area contributed by atoms with E-state index in [0.29, 0.717) is 12.2 Å². The lowest BCUT2D eigenvalue weighted by Crippen LogP contribution is -2.38. The van der Waals surface area contributed by atoms with Crippen molar-refractivity contribution < 1.29 is 26.7 Å². The molecule has 146 valence electrons. The standard InChI is InChI=1S/C18H20F2N2O4S/c1-26-16-9-4-3-6-13(16)10-11-22(27(2,24)25)12-17(23)21-18-14(19)7-5-8-15(18)20/h3-9H,10-12H2,1-2H3,(H,21,23). The second-order valence-corrected chi connectivity index (χ2v) is 7.79. The first-order chi connectivity index (χ1) is 12.7. The van der Waals surface area contributed by atoms with E-state index in [1.54, 1.807) is 24.3 Å². The van der Waals surface area contributed by atoms with E-state index in [9.17, 15) is 22.0 Å². The van der Waals surface area contributed by atoms with E-state index < -0.39 is 39.8 Å². The molecule has 1 amide bonds. The van der Waals surface area contributed by atoms with Gasteiger partial charge < -0.3 is 10.1 Å². The van der Waals surface area contributed by atoms with Crippen molar-refractivity contribution in [3.8, 4) is 5.75 Å². The van der Waals surface area contributed by atoms with Crippen LogP contribution in [0.1, 0.15) is 5.56 Å². The molecule has 1 N–H and O–H groups in total. The number of sulfonamides is 1. The fourth-order valence-corrected chi connectivity index (χ4v) is 3.25. The van der Waals surface area contributed by atoms with Crippen molar-refractivity contribution >= 4 is 21.6 Å². The van der Waals surface area contributed by atoms with Gasteiger partial charge in [0.2, 0.25) is 15.9 Å². The molecule has 0 aliphatic carbocycles. The topological polar surface area (TPSA) is 75.7 Å². The number of benzene rings is 2. The van der Waals surface area contributed by atoms with Crippen LogP contribution in [-0.4, -0.2) is 45.1 Å². The first-order valence-electron chi connectivity index (χ1n) is 8.03. The van der Waals surface area contributed by atoms with Gasteiger partial charge in [-0.3, -0.25) is 4.79 Å². The number of nitrogens with zero attached hydrogens (tertiary/aromatic N) is 1. The molecule has 0 radical (unpaired) electrons. The minimum atomic E-state index is -3.72. The summed E-state index contributed by atoms with van der Waals surface area (Å²) in [5.41, 5.74) is 0.162. The van der Waals surface area contributed by atoms with E-state index in [2.05, 4.69) is 5.32 Å². The molecule has 0 heterocycles. The van der Waals surface area contributed by atoms with Gasteiger partial charge in [-0.05, 0) is 30.2 Å². The number of methoxy groups -OCH3 is 1. The summed E-state index contributed by atoms with van der Waals surface area (Å²) in [7, 11) is -2.21. The van der Waals surface area contributed by atoms with Crippen LogP contribution in [0.15, 0.2) is 42.5 Å². The summed E-state index contributed by atoms with van der Waals surface area (Å²) < 4.78 is 57.4. The molecule has 0 atom stereocenters. The molecule has 0 fully saturated rings. The molecule has 0 unspecified atom stereocenters. The predicted octanol–water partition coefficient (Wildman–Crippen LogP) is 2.42. The average Bonchev–Trinajstić information content (AvgIpc) is 2.61. The summed E-state index contributed by atoms with van der Waals surface area (Å²) in [4.78, 5) is 12.1. The van der Waals surface area contributed by atoms with E-state index >= 15 is 0 Å². The normalized spacial score (nSPS) is 11.4. The average molecular weight is 398 g/mol. The van der Waals surface area contributed by atoms with Gasteiger partial charge >= 0.3 is 0 Å². The SMILES string of the molecule is COc1ccccc1CCN(CC(=O)Nc1c(F)cccc1F)S(C)(=O)=O. The quantitative estimate of drug-likeness (QED) is 0.741. The van der Waals surface area contributed by atoms with Gasteiger partial charge in [-0.1, -0.05) is 24.3 Å². The lowest BCUT2D eigenvalue weighted by atomic mass is 10.1. The van der Waals surface area contributed by atoms with Crippen LogP contribution >= 0.6 is 0 Å². The van der Waals surface area contributed by atoms with Crippen LogP contribution in [0, 0.1) is 11.6 Å².